The van der Waals surface area contributed by atoms with Crippen LogP contribution in [0, 0.1) is 11.6 Å². The first-order chi connectivity index (χ1) is 11.1. The molecular formula is C17H16ClF2NO2S. The predicted molar refractivity (Wildman–Crippen MR) is 88.5 cm³/mol. The van der Waals surface area contributed by atoms with Gasteiger partial charge in [0, 0.05) is 16.1 Å². The third-order valence-corrected chi connectivity index (χ3v) is 7.12. The molecular weight excluding hydrogens is 356 g/mol. The van der Waals surface area contributed by atoms with Crippen LogP contribution in [0.1, 0.15) is 25.3 Å². The van der Waals surface area contributed by atoms with E-state index in [0.717, 1.165) is 18.2 Å². The highest BCUT2D eigenvalue weighted by molar-refractivity contribution is 7.92. The van der Waals surface area contributed by atoms with Crippen molar-refractivity contribution in [3.8, 4) is 0 Å². The second-order valence-corrected chi connectivity index (χ2v) is 9.28. The number of hydrogen-bond donors (Lipinski definition) is 1. The highest BCUT2D eigenvalue weighted by atomic mass is 35.5. The van der Waals surface area contributed by atoms with E-state index >= 15 is 0 Å². The van der Waals surface area contributed by atoms with Crippen molar-refractivity contribution >= 4 is 21.4 Å². The molecule has 0 saturated heterocycles. The van der Waals surface area contributed by atoms with E-state index in [1.807, 2.05) is 0 Å². The first kappa shape index (κ1) is 17.3. The minimum Gasteiger partial charge on any atom is -0.325 e. The molecule has 0 bridgehead atoms. The van der Waals surface area contributed by atoms with Crippen LogP contribution in [-0.2, 0) is 14.6 Å². The summed E-state index contributed by atoms with van der Waals surface area (Å²) in [7, 11) is -3.99. The Morgan fingerprint density at radius 1 is 1.08 bits per heavy atom. The highest BCUT2D eigenvalue weighted by Gasteiger charge is 2.60. The molecule has 0 radical (unpaired) electrons. The van der Waals surface area contributed by atoms with Gasteiger partial charge in [-0.3, -0.25) is 0 Å². The van der Waals surface area contributed by atoms with Gasteiger partial charge in [0.25, 0.3) is 0 Å². The zero-order valence-electron chi connectivity index (χ0n) is 12.9. The van der Waals surface area contributed by atoms with Crippen LogP contribution >= 0.6 is 11.6 Å². The highest BCUT2D eigenvalue weighted by Crippen LogP contribution is 2.55. The van der Waals surface area contributed by atoms with Gasteiger partial charge in [-0.2, -0.15) is 0 Å². The Morgan fingerprint density at radius 3 is 2.21 bits per heavy atom. The van der Waals surface area contributed by atoms with Crippen molar-refractivity contribution in [3.63, 3.8) is 0 Å². The van der Waals surface area contributed by atoms with E-state index in [1.165, 1.54) is 24.3 Å². The Bertz CT molecular complexity index is 887. The maximum Gasteiger partial charge on any atom is 0.188 e. The summed E-state index contributed by atoms with van der Waals surface area (Å²) in [5, 5.41) is 0.386. The number of rotatable bonds is 3. The Morgan fingerprint density at radius 2 is 1.67 bits per heavy atom. The smallest absolute Gasteiger partial charge is 0.188 e. The summed E-state index contributed by atoms with van der Waals surface area (Å²) < 4.78 is 52.9. The van der Waals surface area contributed by atoms with Crippen LogP contribution in [0.5, 0.6) is 0 Å². The van der Waals surface area contributed by atoms with Gasteiger partial charge in [0.1, 0.15) is 16.4 Å². The number of halogens is 3. The first-order valence-electron chi connectivity index (χ1n) is 7.32. The summed E-state index contributed by atoms with van der Waals surface area (Å²) in [5.74, 6) is -1.45. The average molecular weight is 372 g/mol. The van der Waals surface area contributed by atoms with Crippen molar-refractivity contribution in [1.29, 1.82) is 0 Å². The lowest BCUT2D eigenvalue weighted by Crippen LogP contribution is -2.61. The zero-order valence-corrected chi connectivity index (χ0v) is 14.5. The van der Waals surface area contributed by atoms with Gasteiger partial charge >= 0.3 is 0 Å². The van der Waals surface area contributed by atoms with Gasteiger partial charge in [-0.15, -0.1) is 0 Å². The lowest BCUT2D eigenvalue weighted by atomic mass is 9.66. The summed E-state index contributed by atoms with van der Waals surface area (Å²) in [6.07, 6.45) is 0.0106. The number of nitrogens with two attached hydrogens (primary N) is 1. The molecule has 3 nitrogen and oxygen atoms in total. The van der Waals surface area contributed by atoms with Crippen LogP contribution in [-0.4, -0.2) is 14.0 Å². The van der Waals surface area contributed by atoms with Gasteiger partial charge in [-0.05, 0) is 62.2 Å². The van der Waals surface area contributed by atoms with Gasteiger partial charge < -0.3 is 5.73 Å². The quantitative estimate of drug-likeness (QED) is 0.892. The number of hydrogen-bond acceptors (Lipinski definition) is 3. The fraction of sp³-hybridized carbons (Fsp3) is 0.294. The molecule has 0 spiro atoms. The summed E-state index contributed by atoms with van der Waals surface area (Å²) in [4.78, 5) is 0.00561. The normalized spacial score (nSPS) is 26.9. The van der Waals surface area contributed by atoms with Crippen LogP contribution in [0.4, 0.5) is 8.78 Å². The van der Waals surface area contributed by atoms with Crippen molar-refractivity contribution in [3.05, 3.63) is 64.7 Å². The van der Waals surface area contributed by atoms with E-state index in [2.05, 4.69) is 0 Å². The largest absolute Gasteiger partial charge is 0.325 e. The molecule has 2 N–H and O–H groups in total. The van der Waals surface area contributed by atoms with Crippen molar-refractivity contribution in [2.45, 2.75) is 34.9 Å². The Kier molecular flexibility index (Phi) is 3.98. The second-order valence-electron chi connectivity index (χ2n) is 6.58. The van der Waals surface area contributed by atoms with Crippen molar-refractivity contribution in [2.75, 3.05) is 0 Å². The van der Waals surface area contributed by atoms with E-state index in [9.17, 15) is 17.2 Å². The molecule has 128 valence electrons. The van der Waals surface area contributed by atoms with Crippen LogP contribution in [0.3, 0.4) is 0 Å². The average Bonchev–Trinajstić information content (AvgIpc) is 2.47. The second kappa shape index (κ2) is 5.51. The van der Waals surface area contributed by atoms with Crippen molar-refractivity contribution in [1.82, 2.24) is 0 Å². The summed E-state index contributed by atoms with van der Waals surface area (Å²) >= 11 is 5.81. The summed E-state index contributed by atoms with van der Waals surface area (Å²) in [6, 6.07) is 8.47. The van der Waals surface area contributed by atoms with Gasteiger partial charge in [0.2, 0.25) is 0 Å². The van der Waals surface area contributed by atoms with E-state index in [4.69, 9.17) is 17.3 Å². The van der Waals surface area contributed by atoms with Crippen LogP contribution in [0.15, 0.2) is 47.4 Å². The molecule has 2 aromatic carbocycles. The molecule has 7 heteroatoms. The minimum absolute atomic E-state index is 0.00529. The van der Waals surface area contributed by atoms with Crippen molar-refractivity contribution in [2.24, 2.45) is 5.73 Å². The first-order valence-corrected chi connectivity index (χ1v) is 9.18. The van der Waals surface area contributed by atoms with Crippen LogP contribution in [0.25, 0.3) is 0 Å². The molecule has 3 rings (SSSR count). The molecule has 1 saturated carbocycles. The third-order valence-electron chi connectivity index (χ3n) is 4.44. The number of sulfone groups is 1. The summed E-state index contributed by atoms with van der Waals surface area (Å²) in [6.45, 7) is 1.69. The zero-order chi connectivity index (χ0) is 17.8. The maximum atomic E-state index is 14.4. The van der Waals surface area contributed by atoms with Crippen molar-refractivity contribution < 1.29 is 17.2 Å². The molecule has 24 heavy (non-hydrogen) atoms. The molecule has 1 fully saturated rings. The Hall–Kier alpha value is -1.50. The third kappa shape index (κ3) is 2.62. The van der Waals surface area contributed by atoms with E-state index in [0.29, 0.717) is 5.02 Å². The lowest BCUT2D eigenvalue weighted by molar-refractivity contribution is 0.185. The molecule has 0 aromatic heterocycles. The lowest BCUT2D eigenvalue weighted by Gasteiger charge is -2.52. The molecule has 0 amide bonds. The van der Waals surface area contributed by atoms with E-state index in [1.54, 1.807) is 6.92 Å². The van der Waals surface area contributed by atoms with E-state index in [-0.39, 0.29) is 23.3 Å². The Balaban J connectivity index is 2.21. The van der Waals surface area contributed by atoms with Crippen LogP contribution in [0.2, 0.25) is 5.02 Å². The standard InChI is InChI=1S/C17H16ClF2NO2S/c1-16(21)9-17(10-16,14-8-12(19)4-7-15(14)20)24(22,23)13-5-2-11(18)3-6-13/h2-8H,9-10,21H2,1H3/t16-,17+. The predicted octanol–water partition coefficient (Wildman–Crippen LogP) is 3.80. The SMILES string of the molecule is C[C@]1(N)C[C@@](c2cc(F)ccc2F)(S(=O)(=O)c2ccc(Cl)cc2)C1. The molecule has 0 heterocycles. The Labute approximate surface area is 144 Å². The maximum absolute atomic E-state index is 14.4. The molecule has 1 aliphatic rings. The molecule has 0 atom stereocenters. The minimum atomic E-state index is -3.99. The molecule has 2 aromatic rings. The molecule has 1 aliphatic carbocycles. The summed E-state index contributed by atoms with van der Waals surface area (Å²) in [5.41, 5.74) is 5.07. The number of benzene rings is 2. The van der Waals surface area contributed by atoms with Gasteiger partial charge in [-0.25, -0.2) is 17.2 Å². The van der Waals surface area contributed by atoms with Crippen LogP contribution < -0.4 is 5.73 Å². The van der Waals surface area contributed by atoms with Gasteiger partial charge in [-0.1, -0.05) is 11.6 Å². The molecule has 0 unspecified atom stereocenters. The fourth-order valence-corrected chi connectivity index (χ4v) is 6.02. The monoisotopic (exact) mass is 371 g/mol. The van der Waals surface area contributed by atoms with E-state index < -0.39 is 31.8 Å². The van der Waals surface area contributed by atoms with Gasteiger partial charge in [0.15, 0.2) is 9.84 Å². The fourth-order valence-electron chi connectivity index (χ4n) is 3.46. The molecule has 0 aliphatic heterocycles. The topological polar surface area (TPSA) is 60.2 Å². The van der Waals surface area contributed by atoms with Gasteiger partial charge in [0.05, 0.1) is 4.90 Å².